The molecule has 6 heteroatoms. The minimum absolute atomic E-state index is 0.214. The summed E-state index contributed by atoms with van der Waals surface area (Å²) in [6.07, 6.45) is 1.49. The van der Waals surface area contributed by atoms with Gasteiger partial charge in [0.05, 0.1) is 0 Å². The summed E-state index contributed by atoms with van der Waals surface area (Å²) in [5, 5.41) is 28.2. The lowest BCUT2D eigenvalue weighted by atomic mass is 10.2. The van der Waals surface area contributed by atoms with Crippen LogP contribution in [0.1, 0.15) is 10.4 Å². The molecule has 1 heterocycles. The highest BCUT2D eigenvalue weighted by atomic mass is 16.3. The number of aromatic hydroxyl groups is 2. The predicted octanol–water partition coefficient (Wildman–Crippen LogP) is 1.14. The topological polar surface area (TPSA) is 95.3 Å². The molecule has 0 aliphatic heterocycles. The number of anilines is 1. The first-order valence-corrected chi connectivity index (χ1v) is 4.78. The number of benzene rings is 1. The smallest absolute Gasteiger partial charge is 0.257 e. The van der Waals surface area contributed by atoms with Crippen LogP contribution in [0, 0.1) is 0 Å². The van der Waals surface area contributed by atoms with Gasteiger partial charge in [-0.25, -0.2) is 0 Å². The van der Waals surface area contributed by atoms with E-state index >= 15 is 0 Å². The van der Waals surface area contributed by atoms with Crippen LogP contribution in [-0.2, 0) is 0 Å². The van der Waals surface area contributed by atoms with E-state index in [2.05, 4.69) is 15.5 Å². The largest absolute Gasteiger partial charge is 0.504 e. The quantitative estimate of drug-likeness (QED) is 0.673. The van der Waals surface area contributed by atoms with Crippen LogP contribution in [0.15, 0.2) is 36.5 Å². The number of hydrogen-bond donors (Lipinski definition) is 3. The first-order valence-electron chi connectivity index (χ1n) is 4.78. The number of nitrogens with zero attached hydrogens (tertiary/aromatic N) is 2. The molecule has 0 aliphatic rings. The fraction of sp³-hybridized carbons (Fsp3) is 0. The Labute approximate surface area is 96.6 Å². The van der Waals surface area contributed by atoms with Crippen LogP contribution in [0.3, 0.4) is 0 Å². The van der Waals surface area contributed by atoms with Crippen molar-refractivity contribution in [2.45, 2.75) is 0 Å². The van der Waals surface area contributed by atoms with Gasteiger partial charge in [-0.15, -0.1) is 5.10 Å². The second-order valence-electron chi connectivity index (χ2n) is 3.27. The highest BCUT2D eigenvalue weighted by molar-refractivity contribution is 6.04. The number of aromatic nitrogens is 2. The van der Waals surface area contributed by atoms with E-state index in [0.717, 1.165) is 0 Å². The van der Waals surface area contributed by atoms with E-state index in [0.29, 0.717) is 5.82 Å². The van der Waals surface area contributed by atoms with E-state index in [1.54, 1.807) is 12.1 Å². The lowest BCUT2D eigenvalue weighted by Gasteiger charge is -2.04. The molecule has 86 valence electrons. The number of amides is 1. The molecule has 0 spiro atoms. The van der Waals surface area contributed by atoms with Gasteiger partial charge in [-0.2, -0.15) is 5.10 Å². The Balaban J connectivity index is 2.18. The van der Waals surface area contributed by atoms with Gasteiger partial charge in [0, 0.05) is 11.8 Å². The van der Waals surface area contributed by atoms with Gasteiger partial charge in [0.2, 0.25) is 0 Å². The van der Waals surface area contributed by atoms with Gasteiger partial charge in [-0.3, -0.25) is 4.79 Å². The Hall–Kier alpha value is -2.63. The van der Waals surface area contributed by atoms with Crippen molar-refractivity contribution in [3.05, 3.63) is 42.1 Å². The number of hydrogen-bond acceptors (Lipinski definition) is 5. The molecule has 17 heavy (non-hydrogen) atoms. The van der Waals surface area contributed by atoms with Crippen LogP contribution < -0.4 is 5.32 Å². The van der Waals surface area contributed by atoms with Crippen LogP contribution >= 0.6 is 0 Å². The number of phenols is 2. The molecular weight excluding hydrogens is 222 g/mol. The van der Waals surface area contributed by atoms with Crippen molar-refractivity contribution in [2.75, 3.05) is 5.32 Å². The summed E-state index contributed by atoms with van der Waals surface area (Å²) < 4.78 is 0. The molecule has 0 bridgehead atoms. The Morgan fingerprint density at radius 3 is 2.65 bits per heavy atom. The molecule has 0 aliphatic carbocycles. The van der Waals surface area contributed by atoms with Gasteiger partial charge in [-0.05, 0) is 30.3 Å². The van der Waals surface area contributed by atoms with Crippen LogP contribution in [0.4, 0.5) is 5.82 Å². The zero-order chi connectivity index (χ0) is 12.3. The molecule has 3 N–H and O–H groups in total. The SMILES string of the molecule is O=C(Nc1cccnn1)c1ccc(O)c(O)c1. The summed E-state index contributed by atoms with van der Waals surface area (Å²) in [6, 6.07) is 7.02. The Morgan fingerprint density at radius 1 is 1.18 bits per heavy atom. The second-order valence-corrected chi connectivity index (χ2v) is 3.27. The van der Waals surface area contributed by atoms with Crippen molar-refractivity contribution in [1.82, 2.24) is 10.2 Å². The summed E-state index contributed by atoms with van der Waals surface area (Å²) in [5.41, 5.74) is 0.214. The van der Waals surface area contributed by atoms with Crippen molar-refractivity contribution in [3.8, 4) is 11.5 Å². The molecule has 1 aromatic carbocycles. The number of rotatable bonds is 2. The lowest BCUT2D eigenvalue weighted by Crippen LogP contribution is -2.12. The maximum Gasteiger partial charge on any atom is 0.257 e. The Kier molecular flexibility index (Phi) is 2.87. The average Bonchev–Trinajstić information content (AvgIpc) is 2.34. The van der Waals surface area contributed by atoms with Crippen LogP contribution in [0.25, 0.3) is 0 Å². The van der Waals surface area contributed by atoms with E-state index < -0.39 is 5.91 Å². The fourth-order valence-electron chi connectivity index (χ4n) is 1.22. The van der Waals surface area contributed by atoms with E-state index in [4.69, 9.17) is 5.11 Å². The first kappa shape index (κ1) is 10.9. The number of phenolic OH excluding ortho intramolecular Hbond substituents is 2. The Morgan fingerprint density at radius 2 is 2.00 bits per heavy atom. The van der Waals surface area contributed by atoms with E-state index in [-0.39, 0.29) is 17.1 Å². The van der Waals surface area contributed by atoms with Gasteiger partial charge in [0.25, 0.3) is 5.91 Å². The maximum atomic E-state index is 11.7. The highest BCUT2D eigenvalue weighted by Gasteiger charge is 2.09. The second kappa shape index (κ2) is 4.48. The Bertz CT molecular complexity index is 543. The van der Waals surface area contributed by atoms with E-state index in [1.165, 1.54) is 24.4 Å². The summed E-state index contributed by atoms with van der Waals surface area (Å²) in [5.74, 6) is -0.760. The number of carbonyl (C=O) groups excluding carboxylic acids is 1. The zero-order valence-corrected chi connectivity index (χ0v) is 8.66. The van der Waals surface area contributed by atoms with E-state index in [9.17, 15) is 9.90 Å². The monoisotopic (exact) mass is 231 g/mol. The van der Waals surface area contributed by atoms with Crippen molar-refractivity contribution in [3.63, 3.8) is 0 Å². The van der Waals surface area contributed by atoms with Crippen LogP contribution in [0.2, 0.25) is 0 Å². The molecule has 0 saturated heterocycles. The zero-order valence-electron chi connectivity index (χ0n) is 8.66. The third-order valence-corrected chi connectivity index (χ3v) is 2.05. The summed E-state index contributed by atoms with van der Waals surface area (Å²) >= 11 is 0. The molecule has 0 saturated carbocycles. The highest BCUT2D eigenvalue weighted by Crippen LogP contribution is 2.25. The predicted molar refractivity (Wildman–Crippen MR) is 59.8 cm³/mol. The lowest BCUT2D eigenvalue weighted by molar-refractivity contribution is 0.102. The molecule has 2 aromatic rings. The molecule has 0 radical (unpaired) electrons. The van der Waals surface area contributed by atoms with Crippen LogP contribution in [-0.4, -0.2) is 26.3 Å². The minimum Gasteiger partial charge on any atom is -0.504 e. The first-order chi connectivity index (χ1) is 8.16. The molecule has 2 rings (SSSR count). The standard InChI is InChI=1S/C11H9N3O3/c15-8-4-3-7(6-9(8)16)11(17)13-10-2-1-5-12-14-10/h1-6,15-16H,(H,13,14,17). The number of nitrogens with one attached hydrogen (secondary N) is 1. The normalized spacial score (nSPS) is 9.88. The molecule has 0 atom stereocenters. The van der Waals surface area contributed by atoms with Crippen molar-refractivity contribution in [1.29, 1.82) is 0 Å². The van der Waals surface area contributed by atoms with E-state index in [1.807, 2.05) is 0 Å². The summed E-state index contributed by atoms with van der Waals surface area (Å²) in [7, 11) is 0. The molecule has 6 nitrogen and oxygen atoms in total. The van der Waals surface area contributed by atoms with Gasteiger partial charge >= 0.3 is 0 Å². The summed E-state index contributed by atoms with van der Waals surface area (Å²) in [4.78, 5) is 11.7. The van der Waals surface area contributed by atoms with Crippen molar-refractivity contribution < 1.29 is 15.0 Å². The van der Waals surface area contributed by atoms with Crippen molar-refractivity contribution >= 4 is 11.7 Å². The third-order valence-electron chi connectivity index (χ3n) is 2.05. The van der Waals surface area contributed by atoms with Gasteiger partial charge in [0.15, 0.2) is 17.3 Å². The number of carbonyl (C=O) groups is 1. The third kappa shape index (κ3) is 2.49. The molecule has 0 fully saturated rings. The minimum atomic E-state index is -0.444. The molecule has 1 aromatic heterocycles. The van der Waals surface area contributed by atoms with Crippen molar-refractivity contribution in [2.24, 2.45) is 0 Å². The van der Waals surface area contributed by atoms with Gasteiger partial charge < -0.3 is 15.5 Å². The average molecular weight is 231 g/mol. The molecular formula is C11H9N3O3. The molecule has 1 amide bonds. The fourth-order valence-corrected chi connectivity index (χ4v) is 1.22. The van der Waals surface area contributed by atoms with Gasteiger partial charge in [-0.1, -0.05) is 0 Å². The van der Waals surface area contributed by atoms with Gasteiger partial charge in [0.1, 0.15) is 0 Å². The maximum absolute atomic E-state index is 11.7. The summed E-state index contributed by atoms with van der Waals surface area (Å²) in [6.45, 7) is 0. The van der Waals surface area contributed by atoms with Crippen LogP contribution in [0.5, 0.6) is 11.5 Å². The molecule has 0 unspecified atom stereocenters.